The molecule has 1 N–H and O–H groups in total. The number of piperazine rings is 1. The van der Waals surface area contributed by atoms with E-state index in [2.05, 4.69) is 5.32 Å². The Kier molecular flexibility index (Phi) is 7.68. The fourth-order valence-corrected chi connectivity index (χ4v) is 5.45. The lowest BCUT2D eigenvalue weighted by atomic mass is 9.99. The van der Waals surface area contributed by atoms with Crippen LogP contribution in [0.1, 0.15) is 25.3 Å². The van der Waals surface area contributed by atoms with Crippen LogP contribution in [0.25, 0.3) is 0 Å². The molecule has 2 aliphatic heterocycles. The Morgan fingerprint density at radius 2 is 1.77 bits per heavy atom. The zero-order valence-electron chi connectivity index (χ0n) is 17.3. The van der Waals surface area contributed by atoms with Gasteiger partial charge in [-0.25, -0.2) is 4.79 Å². The van der Waals surface area contributed by atoms with Gasteiger partial charge in [0.1, 0.15) is 0 Å². The molecule has 10 heteroatoms. The maximum absolute atomic E-state index is 13.1. The minimum atomic E-state index is -3.67. The first kappa shape index (κ1) is 22.5. The van der Waals surface area contributed by atoms with Gasteiger partial charge < -0.3 is 15.0 Å². The second-order valence-corrected chi connectivity index (χ2v) is 9.42. The van der Waals surface area contributed by atoms with E-state index in [4.69, 9.17) is 4.74 Å². The highest BCUT2D eigenvalue weighted by Gasteiger charge is 2.37. The van der Waals surface area contributed by atoms with Gasteiger partial charge in [-0.3, -0.25) is 4.79 Å². The van der Waals surface area contributed by atoms with Crippen LogP contribution in [0.3, 0.4) is 0 Å². The van der Waals surface area contributed by atoms with Gasteiger partial charge in [0, 0.05) is 45.8 Å². The summed E-state index contributed by atoms with van der Waals surface area (Å²) in [5, 5.41) is 2.92. The fraction of sp³-hybridized carbons (Fsp3) is 0.600. The minimum absolute atomic E-state index is 0.120. The first-order valence-corrected chi connectivity index (χ1v) is 11.8. The van der Waals surface area contributed by atoms with Gasteiger partial charge in [-0.1, -0.05) is 30.3 Å². The molecule has 0 spiro atoms. The van der Waals surface area contributed by atoms with Crippen LogP contribution >= 0.6 is 0 Å². The molecule has 0 bridgehead atoms. The van der Waals surface area contributed by atoms with Crippen LogP contribution in [0.2, 0.25) is 0 Å². The van der Waals surface area contributed by atoms with Gasteiger partial charge in [-0.05, 0) is 25.3 Å². The molecule has 2 amide bonds. The van der Waals surface area contributed by atoms with Gasteiger partial charge in [0.2, 0.25) is 5.91 Å². The van der Waals surface area contributed by atoms with Crippen LogP contribution < -0.4 is 5.32 Å². The molecule has 2 saturated heterocycles. The predicted molar refractivity (Wildman–Crippen MR) is 112 cm³/mol. The van der Waals surface area contributed by atoms with Gasteiger partial charge in [0.05, 0.1) is 12.5 Å². The normalized spacial score (nSPS) is 21.2. The minimum Gasteiger partial charge on any atom is -0.450 e. The molecule has 30 heavy (non-hydrogen) atoms. The second kappa shape index (κ2) is 10.2. The first-order valence-electron chi connectivity index (χ1n) is 10.4. The van der Waals surface area contributed by atoms with Crippen molar-refractivity contribution in [3.05, 3.63) is 35.9 Å². The standard InChI is InChI=1S/C20H30N4O5S/c1-2-29-20(26)22-11-13-23(14-12-22)30(27,28)24-10-6-9-18(16-24)19(25)21-15-17-7-4-3-5-8-17/h3-5,7-8,18H,2,6,9-16H2,1H3,(H,21,25)/t18-/m0/s1. The highest BCUT2D eigenvalue weighted by atomic mass is 32.2. The van der Waals surface area contributed by atoms with Gasteiger partial charge in [-0.2, -0.15) is 17.0 Å². The van der Waals surface area contributed by atoms with Gasteiger partial charge in [0.15, 0.2) is 0 Å². The van der Waals surface area contributed by atoms with Gasteiger partial charge >= 0.3 is 6.09 Å². The molecule has 0 aromatic heterocycles. The molecule has 1 aromatic carbocycles. The van der Waals surface area contributed by atoms with Crippen LogP contribution in [0.15, 0.2) is 30.3 Å². The molecule has 1 atom stereocenters. The molecule has 9 nitrogen and oxygen atoms in total. The number of amides is 2. The summed E-state index contributed by atoms with van der Waals surface area (Å²) in [6, 6.07) is 9.62. The molecular formula is C20H30N4O5S. The number of hydrogen-bond acceptors (Lipinski definition) is 5. The molecule has 2 aliphatic rings. The van der Waals surface area contributed by atoms with Crippen LogP contribution in [-0.4, -0.2) is 79.8 Å². The maximum atomic E-state index is 13.1. The molecule has 3 rings (SSSR count). The summed E-state index contributed by atoms with van der Waals surface area (Å²) in [4.78, 5) is 25.9. The Hall–Kier alpha value is -2.17. The van der Waals surface area contributed by atoms with Crippen molar-refractivity contribution in [1.82, 2.24) is 18.8 Å². The van der Waals surface area contributed by atoms with Gasteiger partial charge in [0.25, 0.3) is 10.2 Å². The summed E-state index contributed by atoms with van der Waals surface area (Å²) in [5.41, 5.74) is 1.01. The largest absolute Gasteiger partial charge is 0.450 e. The lowest BCUT2D eigenvalue weighted by molar-refractivity contribution is -0.126. The molecule has 1 aromatic rings. The molecule has 2 heterocycles. The lowest BCUT2D eigenvalue weighted by Gasteiger charge is -2.38. The Morgan fingerprint density at radius 1 is 1.07 bits per heavy atom. The van der Waals surface area contributed by atoms with Crippen molar-refractivity contribution < 1.29 is 22.7 Å². The third-order valence-electron chi connectivity index (χ3n) is 5.48. The summed E-state index contributed by atoms with van der Waals surface area (Å²) in [7, 11) is -3.67. The van der Waals surface area contributed by atoms with E-state index in [0.717, 1.165) is 5.56 Å². The first-order chi connectivity index (χ1) is 14.4. The number of hydrogen-bond donors (Lipinski definition) is 1. The molecular weight excluding hydrogens is 408 g/mol. The zero-order chi connectivity index (χ0) is 21.6. The van der Waals surface area contributed by atoms with E-state index in [9.17, 15) is 18.0 Å². The number of nitrogens with one attached hydrogen (secondary N) is 1. The van der Waals surface area contributed by atoms with E-state index >= 15 is 0 Å². The van der Waals surface area contributed by atoms with Gasteiger partial charge in [-0.15, -0.1) is 0 Å². The SMILES string of the molecule is CCOC(=O)N1CCN(S(=O)(=O)N2CCC[C@H](C(=O)NCc3ccccc3)C2)CC1. The van der Waals surface area contributed by atoms with E-state index < -0.39 is 16.3 Å². The smallest absolute Gasteiger partial charge is 0.409 e. The van der Waals surface area contributed by atoms with E-state index in [-0.39, 0.29) is 31.5 Å². The fourth-order valence-electron chi connectivity index (χ4n) is 3.77. The summed E-state index contributed by atoms with van der Waals surface area (Å²) >= 11 is 0. The molecule has 0 unspecified atom stereocenters. The van der Waals surface area contributed by atoms with Crippen LogP contribution in [-0.2, 0) is 26.3 Å². The Bertz CT molecular complexity index is 825. The van der Waals surface area contributed by atoms with Crippen molar-refractivity contribution in [2.75, 3.05) is 45.9 Å². The van der Waals surface area contributed by atoms with Crippen LogP contribution in [0, 0.1) is 5.92 Å². The number of rotatable bonds is 6. The summed E-state index contributed by atoms with van der Waals surface area (Å²) in [5.74, 6) is -0.482. The van der Waals surface area contributed by atoms with E-state index in [1.165, 1.54) is 13.5 Å². The van der Waals surface area contributed by atoms with Crippen LogP contribution in [0.4, 0.5) is 4.79 Å². The number of piperidine rings is 1. The highest BCUT2D eigenvalue weighted by molar-refractivity contribution is 7.86. The third-order valence-corrected chi connectivity index (χ3v) is 7.48. The number of benzene rings is 1. The quantitative estimate of drug-likeness (QED) is 0.715. The molecule has 2 fully saturated rings. The number of carbonyl (C=O) groups excluding carboxylic acids is 2. The zero-order valence-corrected chi connectivity index (χ0v) is 18.1. The molecule has 166 valence electrons. The topological polar surface area (TPSA) is 99.3 Å². The number of nitrogens with zero attached hydrogens (tertiary/aromatic N) is 3. The second-order valence-electron chi connectivity index (χ2n) is 7.49. The van der Waals surface area contributed by atoms with Crippen molar-refractivity contribution in [3.63, 3.8) is 0 Å². The van der Waals surface area contributed by atoms with E-state index in [1.807, 2.05) is 30.3 Å². The lowest BCUT2D eigenvalue weighted by Crippen LogP contribution is -2.56. The maximum Gasteiger partial charge on any atom is 0.409 e. The average molecular weight is 439 g/mol. The summed E-state index contributed by atoms with van der Waals surface area (Å²) < 4.78 is 33.9. The molecule has 0 radical (unpaired) electrons. The third kappa shape index (κ3) is 5.50. The summed E-state index contributed by atoms with van der Waals surface area (Å²) in [6.07, 6.45) is 0.900. The number of ether oxygens (including phenoxy) is 1. The predicted octanol–water partition coefficient (Wildman–Crippen LogP) is 1.03. The van der Waals surface area contributed by atoms with Crippen molar-refractivity contribution >= 4 is 22.2 Å². The Balaban J connectivity index is 1.53. The van der Waals surface area contributed by atoms with E-state index in [0.29, 0.717) is 45.6 Å². The van der Waals surface area contributed by atoms with Crippen LogP contribution in [0.5, 0.6) is 0 Å². The van der Waals surface area contributed by atoms with Crippen molar-refractivity contribution in [3.8, 4) is 0 Å². The monoisotopic (exact) mass is 438 g/mol. The summed E-state index contributed by atoms with van der Waals surface area (Å²) in [6.45, 7) is 4.09. The van der Waals surface area contributed by atoms with Crippen molar-refractivity contribution in [2.45, 2.75) is 26.3 Å². The van der Waals surface area contributed by atoms with Crippen molar-refractivity contribution in [2.24, 2.45) is 5.92 Å². The molecule has 0 saturated carbocycles. The highest BCUT2D eigenvalue weighted by Crippen LogP contribution is 2.22. The average Bonchev–Trinajstić information content (AvgIpc) is 2.78. The Morgan fingerprint density at radius 3 is 2.43 bits per heavy atom. The van der Waals surface area contributed by atoms with E-state index in [1.54, 1.807) is 6.92 Å². The number of carbonyl (C=O) groups is 2. The van der Waals surface area contributed by atoms with Crippen molar-refractivity contribution in [1.29, 1.82) is 0 Å². The molecule has 0 aliphatic carbocycles. The Labute approximate surface area is 178 Å².